The lowest BCUT2D eigenvalue weighted by Gasteiger charge is -2.30. The molecule has 0 aromatic heterocycles. The molecule has 0 bridgehead atoms. The van der Waals surface area contributed by atoms with Gasteiger partial charge in [-0.1, -0.05) is 32.0 Å². The molecule has 0 radical (unpaired) electrons. The second-order valence-corrected chi connectivity index (χ2v) is 5.57. The van der Waals surface area contributed by atoms with Crippen molar-refractivity contribution in [2.24, 2.45) is 0 Å². The molecule has 0 saturated carbocycles. The van der Waals surface area contributed by atoms with Gasteiger partial charge in [-0.15, -0.1) is 0 Å². The van der Waals surface area contributed by atoms with Crippen molar-refractivity contribution in [2.75, 3.05) is 18.0 Å². The Bertz CT molecular complexity index is 487. The van der Waals surface area contributed by atoms with E-state index in [1.807, 2.05) is 23.1 Å². The van der Waals surface area contributed by atoms with Crippen molar-refractivity contribution < 1.29 is 9.53 Å². The van der Waals surface area contributed by atoms with Crippen molar-refractivity contribution in [2.45, 2.75) is 38.3 Å². The molecule has 4 heteroatoms. The van der Waals surface area contributed by atoms with E-state index in [0.717, 1.165) is 25.2 Å². The quantitative estimate of drug-likeness (QED) is 0.888. The molecule has 2 saturated heterocycles. The smallest absolute Gasteiger partial charge is 0.415 e. The van der Waals surface area contributed by atoms with E-state index in [9.17, 15) is 4.79 Å². The van der Waals surface area contributed by atoms with Crippen LogP contribution in [0.15, 0.2) is 24.3 Å². The summed E-state index contributed by atoms with van der Waals surface area (Å²) in [5.74, 6) is 0.393. The monoisotopic (exact) mass is 260 g/mol. The maximum atomic E-state index is 12.2. The Morgan fingerprint density at radius 1 is 1.37 bits per heavy atom. The number of ether oxygens (including phenoxy) is 1. The number of hydrogen-bond donors (Lipinski definition) is 1. The van der Waals surface area contributed by atoms with Gasteiger partial charge in [0.15, 0.2) is 0 Å². The second kappa shape index (κ2) is 4.85. The topological polar surface area (TPSA) is 41.6 Å². The number of nitrogens with zero attached hydrogens (tertiary/aromatic N) is 1. The Balaban J connectivity index is 1.99. The maximum Gasteiger partial charge on any atom is 0.415 e. The van der Waals surface area contributed by atoms with Crippen molar-refractivity contribution in [3.05, 3.63) is 29.8 Å². The highest BCUT2D eigenvalue weighted by Gasteiger charge is 2.44. The van der Waals surface area contributed by atoms with Crippen LogP contribution in [0.3, 0.4) is 0 Å². The molecule has 2 fully saturated rings. The molecule has 2 atom stereocenters. The Hall–Kier alpha value is -1.55. The minimum atomic E-state index is -0.202. The highest BCUT2D eigenvalue weighted by molar-refractivity contribution is 5.92. The Morgan fingerprint density at radius 3 is 2.95 bits per heavy atom. The van der Waals surface area contributed by atoms with E-state index < -0.39 is 0 Å². The van der Waals surface area contributed by atoms with E-state index in [2.05, 4.69) is 25.2 Å². The highest BCUT2D eigenvalue weighted by atomic mass is 16.6. The summed E-state index contributed by atoms with van der Waals surface area (Å²) >= 11 is 0. The number of piperidine rings is 1. The third kappa shape index (κ3) is 2.10. The van der Waals surface area contributed by atoms with E-state index in [-0.39, 0.29) is 18.2 Å². The number of anilines is 1. The van der Waals surface area contributed by atoms with Gasteiger partial charge in [-0.25, -0.2) is 4.79 Å². The number of rotatable bonds is 2. The number of nitrogens with one attached hydrogen (secondary N) is 1. The molecule has 1 aromatic rings. The van der Waals surface area contributed by atoms with Gasteiger partial charge in [0.05, 0.1) is 11.7 Å². The largest absolute Gasteiger partial charge is 0.442 e. The third-order valence-corrected chi connectivity index (χ3v) is 3.99. The lowest BCUT2D eigenvalue weighted by Crippen LogP contribution is -2.47. The van der Waals surface area contributed by atoms with Crippen molar-refractivity contribution in [1.29, 1.82) is 0 Å². The van der Waals surface area contributed by atoms with E-state index in [1.165, 1.54) is 5.56 Å². The molecule has 0 aliphatic carbocycles. The van der Waals surface area contributed by atoms with Crippen LogP contribution in [0.5, 0.6) is 0 Å². The average molecular weight is 260 g/mol. The molecule has 102 valence electrons. The van der Waals surface area contributed by atoms with Crippen molar-refractivity contribution >= 4 is 11.8 Å². The lowest BCUT2D eigenvalue weighted by atomic mass is 9.97. The molecule has 4 nitrogen and oxygen atoms in total. The predicted molar refractivity (Wildman–Crippen MR) is 74.6 cm³/mol. The fourth-order valence-electron chi connectivity index (χ4n) is 3.03. The Morgan fingerprint density at radius 2 is 2.16 bits per heavy atom. The Kier molecular flexibility index (Phi) is 3.19. The molecule has 3 rings (SSSR count). The summed E-state index contributed by atoms with van der Waals surface area (Å²) in [5.41, 5.74) is 2.22. The average Bonchev–Trinajstić information content (AvgIpc) is 2.74. The van der Waals surface area contributed by atoms with Gasteiger partial charge >= 0.3 is 6.09 Å². The lowest BCUT2D eigenvalue weighted by molar-refractivity contribution is 0.121. The molecule has 1 N–H and O–H groups in total. The fourth-order valence-corrected chi connectivity index (χ4v) is 3.03. The zero-order valence-corrected chi connectivity index (χ0v) is 11.4. The summed E-state index contributed by atoms with van der Waals surface area (Å²) in [6, 6.07) is 8.32. The third-order valence-electron chi connectivity index (χ3n) is 3.99. The normalized spacial score (nSPS) is 26.5. The number of hydrogen-bond acceptors (Lipinski definition) is 3. The second-order valence-electron chi connectivity index (χ2n) is 5.57. The molecule has 0 spiro atoms. The molecule has 1 aromatic carbocycles. The van der Waals surface area contributed by atoms with Gasteiger partial charge in [0.2, 0.25) is 0 Å². The predicted octanol–water partition coefficient (Wildman–Crippen LogP) is 2.50. The van der Waals surface area contributed by atoms with Crippen LogP contribution in [0.1, 0.15) is 31.7 Å². The number of para-hydroxylation sites is 1. The highest BCUT2D eigenvalue weighted by Crippen LogP contribution is 2.35. The van der Waals surface area contributed by atoms with Gasteiger partial charge < -0.3 is 10.1 Å². The van der Waals surface area contributed by atoms with Crippen molar-refractivity contribution in [3.63, 3.8) is 0 Å². The first-order valence-corrected chi connectivity index (χ1v) is 6.98. The van der Waals surface area contributed by atoms with Crippen LogP contribution >= 0.6 is 0 Å². The van der Waals surface area contributed by atoms with E-state index in [1.54, 1.807) is 0 Å². The minimum absolute atomic E-state index is 0.0125. The Labute approximate surface area is 113 Å². The van der Waals surface area contributed by atoms with Crippen molar-refractivity contribution in [1.82, 2.24) is 5.32 Å². The number of fused-ring (bicyclic) bond motifs is 1. The molecule has 2 aliphatic rings. The molecule has 2 aliphatic heterocycles. The summed E-state index contributed by atoms with van der Waals surface area (Å²) in [4.78, 5) is 14.1. The molecular weight excluding hydrogens is 240 g/mol. The first-order valence-electron chi connectivity index (χ1n) is 6.98. The molecule has 2 unspecified atom stereocenters. The van der Waals surface area contributed by atoms with Crippen LogP contribution in [-0.4, -0.2) is 31.3 Å². The van der Waals surface area contributed by atoms with Crippen LogP contribution in [0, 0.1) is 0 Å². The molecule has 19 heavy (non-hydrogen) atoms. The fraction of sp³-hybridized carbons (Fsp3) is 0.533. The van der Waals surface area contributed by atoms with Gasteiger partial charge in [-0.2, -0.15) is 0 Å². The van der Waals surface area contributed by atoms with Gasteiger partial charge in [-0.3, -0.25) is 4.90 Å². The summed E-state index contributed by atoms with van der Waals surface area (Å²) in [6.45, 7) is 6.01. The number of amides is 1. The number of carbonyl (C=O) groups excluding carboxylic acids is 1. The first-order chi connectivity index (χ1) is 9.18. The summed E-state index contributed by atoms with van der Waals surface area (Å²) < 4.78 is 5.49. The van der Waals surface area contributed by atoms with Crippen molar-refractivity contribution in [3.8, 4) is 0 Å². The van der Waals surface area contributed by atoms with Gasteiger partial charge in [-0.05, 0) is 30.5 Å². The number of carbonyl (C=O) groups is 1. The molecular formula is C15H20N2O2. The van der Waals surface area contributed by atoms with Crippen LogP contribution in [-0.2, 0) is 4.74 Å². The van der Waals surface area contributed by atoms with Gasteiger partial charge in [0.1, 0.15) is 6.10 Å². The van der Waals surface area contributed by atoms with E-state index >= 15 is 0 Å². The summed E-state index contributed by atoms with van der Waals surface area (Å²) in [6.07, 6.45) is 0.733. The van der Waals surface area contributed by atoms with Crippen LogP contribution in [0.2, 0.25) is 0 Å². The van der Waals surface area contributed by atoms with Gasteiger partial charge in [0, 0.05) is 6.54 Å². The summed E-state index contributed by atoms with van der Waals surface area (Å²) in [5, 5.41) is 3.28. The first kappa shape index (κ1) is 12.5. The molecule has 2 heterocycles. The zero-order valence-electron chi connectivity index (χ0n) is 11.4. The van der Waals surface area contributed by atoms with Crippen LogP contribution in [0.25, 0.3) is 0 Å². The minimum Gasteiger partial charge on any atom is -0.442 e. The van der Waals surface area contributed by atoms with E-state index in [0.29, 0.717) is 5.92 Å². The van der Waals surface area contributed by atoms with Crippen LogP contribution < -0.4 is 10.2 Å². The zero-order chi connectivity index (χ0) is 13.4. The van der Waals surface area contributed by atoms with E-state index in [4.69, 9.17) is 4.74 Å². The maximum absolute atomic E-state index is 12.2. The SMILES string of the molecule is CC(C)c1ccccc1N1C(=O)OC2CNCCC21. The number of benzene rings is 1. The van der Waals surface area contributed by atoms with Gasteiger partial charge in [0.25, 0.3) is 0 Å². The molecule has 1 amide bonds. The standard InChI is InChI=1S/C15H20N2O2/c1-10(2)11-5-3-4-6-12(11)17-13-7-8-16-9-14(13)19-15(17)18/h3-6,10,13-14,16H,7-9H2,1-2H3. The van der Waals surface area contributed by atoms with Crippen LogP contribution in [0.4, 0.5) is 10.5 Å². The summed E-state index contributed by atoms with van der Waals surface area (Å²) in [7, 11) is 0.